The van der Waals surface area contributed by atoms with Gasteiger partial charge in [0, 0.05) is 32.8 Å². The zero-order valence-corrected chi connectivity index (χ0v) is 28.6. The summed E-state index contributed by atoms with van der Waals surface area (Å²) in [6, 6.07) is 65.2. The number of benzene rings is 8. The second-order valence-corrected chi connectivity index (χ2v) is 13.2. The zero-order valence-electron chi connectivity index (χ0n) is 28.6. The third kappa shape index (κ3) is 5.54. The summed E-state index contributed by atoms with van der Waals surface area (Å²) < 4.78 is 6.64. The number of rotatable bonds is 6. The summed E-state index contributed by atoms with van der Waals surface area (Å²) in [4.78, 5) is 14.9. The van der Waals surface area contributed by atoms with Crippen molar-refractivity contribution in [1.29, 1.82) is 0 Å². The molecule has 0 amide bonds. The minimum absolute atomic E-state index is 0.625. The average Bonchev–Trinajstić information content (AvgIpc) is 3.62. The Morgan fingerprint density at radius 3 is 1.43 bits per heavy atom. The Labute approximate surface area is 306 Å². The van der Waals surface area contributed by atoms with Crippen LogP contribution in [-0.2, 0) is 0 Å². The molecule has 4 heteroatoms. The van der Waals surface area contributed by atoms with E-state index in [1.54, 1.807) is 0 Å². The molecule has 0 spiro atoms. The molecule has 0 aliphatic rings. The van der Waals surface area contributed by atoms with Crippen molar-refractivity contribution < 1.29 is 4.42 Å². The van der Waals surface area contributed by atoms with E-state index in [9.17, 15) is 0 Å². The Morgan fingerprint density at radius 1 is 0.283 bits per heavy atom. The molecule has 0 bridgehead atoms. The summed E-state index contributed by atoms with van der Waals surface area (Å²) in [6.07, 6.45) is 0. The smallest absolute Gasteiger partial charge is 0.164 e. The standard InChI is InChI=1S/C49H31N3O/c1-4-15-32(16-5-1)38-23-10-11-24-39(38)36-27-28-45-43(30-36)44-31-42(40-25-12-13-26-41(40)46(44)53-45)35-21-14-22-37(29-35)49-51-47(33-17-6-2-7-18-33)50-48(52-49)34-19-8-3-9-20-34/h1-31H. The van der Waals surface area contributed by atoms with Gasteiger partial charge in [0.2, 0.25) is 0 Å². The number of furan rings is 1. The molecule has 0 aliphatic heterocycles. The van der Waals surface area contributed by atoms with Crippen molar-refractivity contribution in [3.05, 3.63) is 188 Å². The molecule has 10 aromatic rings. The van der Waals surface area contributed by atoms with E-state index in [0.717, 1.165) is 66.1 Å². The first kappa shape index (κ1) is 30.6. The van der Waals surface area contributed by atoms with Gasteiger partial charge in [0.1, 0.15) is 11.2 Å². The van der Waals surface area contributed by atoms with Gasteiger partial charge in [-0.25, -0.2) is 15.0 Å². The van der Waals surface area contributed by atoms with Crippen molar-refractivity contribution in [1.82, 2.24) is 15.0 Å². The maximum Gasteiger partial charge on any atom is 0.164 e. The molecular formula is C49H31N3O. The molecule has 53 heavy (non-hydrogen) atoms. The summed E-state index contributed by atoms with van der Waals surface area (Å²) >= 11 is 0. The lowest BCUT2D eigenvalue weighted by atomic mass is 9.92. The van der Waals surface area contributed by atoms with Crippen molar-refractivity contribution in [2.75, 3.05) is 0 Å². The fraction of sp³-hybridized carbons (Fsp3) is 0. The number of nitrogens with zero attached hydrogens (tertiary/aromatic N) is 3. The predicted molar refractivity (Wildman–Crippen MR) is 217 cm³/mol. The van der Waals surface area contributed by atoms with Crippen molar-refractivity contribution in [2.45, 2.75) is 0 Å². The first-order chi connectivity index (χ1) is 26.3. The number of hydrogen-bond acceptors (Lipinski definition) is 4. The van der Waals surface area contributed by atoms with Crippen LogP contribution in [0.4, 0.5) is 0 Å². The average molecular weight is 678 g/mol. The lowest BCUT2D eigenvalue weighted by Gasteiger charge is -2.12. The zero-order chi connectivity index (χ0) is 35.1. The predicted octanol–water partition coefficient (Wildman–Crippen LogP) is 12.9. The Morgan fingerprint density at radius 2 is 0.774 bits per heavy atom. The van der Waals surface area contributed by atoms with Gasteiger partial charge in [-0.15, -0.1) is 0 Å². The Bertz CT molecular complexity index is 2880. The van der Waals surface area contributed by atoms with E-state index in [4.69, 9.17) is 19.4 Å². The number of aromatic nitrogens is 3. The fourth-order valence-corrected chi connectivity index (χ4v) is 7.37. The molecule has 0 aliphatic carbocycles. The summed E-state index contributed by atoms with van der Waals surface area (Å²) in [7, 11) is 0. The van der Waals surface area contributed by atoms with Gasteiger partial charge in [0.05, 0.1) is 0 Å². The first-order valence-corrected chi connectivity index (χ1v) is 17.8. The van der Waals surface area contributed by atoms with Crippen molar-refractivity contribution in [2.24, 2.45) is 0 Å². The molecule has 8 aromatic carbocycles. The van der Waals surface area contributed by atoms with Crippen molar-refractivity contribution in [3.8, 4) is 67.5 Å². The highest BCUT2D eigenvalue weighted by molar-refractivity contribution is 6.19. The summed E-state index contributed by atoms with van der Waals surface area (Å²) in [5.74, 6) is 1.91. The molecule has 248 valence electrons. The van der Waals surface area contributed by atoms with Gasteiger partial charge < -0.3 is 4.42 Å². The third-order valence-electron chi connectivity index (χ3n) is 9.93. The van der Waals surface area contributed by atoms with Gasteiger partial charge in [0.25, 0.3) is 0 Å². The molecule has 2 heterocycles. The lowest BCUT2D eigenvalue weighted by molar-refractivity contribution is 0.673. The van der Waals surface area contributed by atoms with Crippen LogP contribution in [0.25, 0.3) is 100 Å². The van der Waals surface area contributed by atoms with Gasteiger partial charge in [0.15, 0.2) is 17.5 Å². The maximum atomic E-state index is 6.64. The molecule has 0 atom stereocenters. The minimum Gasteiger partial charge on any atom is -0.455 e. The molecule has 0 N–H and O–H groups in total. The molecule has 4 nitrogen and oxygen atoms in total. The van der Waals surface area contributed by atoms with Crippen molar-refractivity contribution in [3.63, 3.8) is 0 Å². The largest absolute Gasteiger partial charge is 0.455 e. The second kappa shape index (κ2) is 12.9. The normalized spacial score (nSPS) is 11.4. The van der Waals surface area contributed by atoms with Crippen LogP contribution < -0.4 is 0 Å². The Balaban J connectivity index is 1.15. The van der Waals surface area contributed by atoms with Gasteiger partial charge in [-0.2, -0.15) is 0 Å². The van der Waals surface area contributed by atoms with E-state index in [0.29, 0.717) is 17.5 Å². The topological polar surface area (TPSA) is 51.8 Å². The van der Waals surface area contributed by atoms with Crippen LogP contribution in [0.3, 0.4) is 0 Å². The molecule has 0 unspecified atom stereocenters. The highest BCUT2D eigenvalue weighted by Crippen LogP contribution is 2.42. The first-order valence-electron chi connectivity index (χ1n) is 17.8. The number of fused-ring (bicyclic) bond motifs is 5. The van der Waals surface area contributed by atoms with Crippen LogP contribution in [-0.4, -0.2) is 15.0 Å². The maximum absolute atomic E-state index is 6.64. The monoisotopic (exact) mass is 677 g/mol. The minimum atomic E-state index is 0.625. The SMILES string of the molecule is c1ccc(-c2nc(-c3ccccc3)nc(-c3cccc(-c4cc5c6cc(-c7ccccc7-c7ccccc7)ccc6oc5c5ccccc45)c3)n2)cc1. The lowest BCUT2D eigenvalue weighted by Crippen LogP contribution is -2.00. The highest BCUT2D eigenvalue weighted by Gasteiger charge is 2.18. The molecule has 10 rings (SSSR count). The summed E-state index contributed by atoms with van der Waals surface area (Å²) in [5, 5.41) is 4.36. The Hall–Kier alpha value is -7.17. The summed E-state index contributed by atoms with van der Waals surface area (Å²) in [6.45, 7) is 0. The van der Waals surface area contributed by atoms with E-state index in [1.165, 1.54) is 16.7 Å². The van der Waals surface area contributed by atoms with E-state index >= 15 is 0 Å². The molecule has 0 fully saturated rings. The molecule has 0 saturated carbocycles. The van der Waals surface area contributed by atoms with Crippen LogP contribution in [0.5, 0.6) is 0 Å². The molecular weight excluding hydrogens is 647 g/mol. The van der Waals surface area contributed by atoms with Gasteiger partial charge in [-0.3, -0.25) is 0 Å². The van der Waals surface area contributed by atoms with E-state index in [1.807, 2.05) is 60.7 Å². The number of hydrogen-bond donors (Lipinski definition) is 0. The van der Waals surface area contributed by atoms with Gasteiger partial charge in [-0.05, 0) is 63.0 Å². The Kier molecular flexibility index (Phi) is 7.43. The van der Waals surface area contributed by atoms with Crippen LogP contribution >= 0.6 is 0 Å². The van der Waals surface area contributed by atoms with Gasteiger partial charge >= 0.3 is 0 Å². The van der Waals surface area contributed by atoms with Crippen molar-refractivity contribution >= 4 is 32.7 Å². The fourth-order valence-electron chi connectivity index (χ4n) is 7.37. The molecule has 0 radical (unpaired) electrons. The molecule has 0 saturated heterocycles. The van der Waals surface area contributed by atoms with Crippen LogP contribution in [0, 0.1) is 0 Å². The van der Waals surface area contributed by atoms with Gasteiger partial charge in [-0.1, -0.05) is 164 Å². The van der Waals surface area contributed by atoms with Crippen LogP contribution in [0.1, 0.15) is 0 Å². The third-order valence-corrected chi connectivity index (χ3v) is 9.93. The van der Waals surface area contributed by atoms with E-state index in [2.05, 4.69) is 127 Å². The highest BCUT2D eigenvalue weighted by atomic mass is 16.3. The van der Waals surface area contributed by atoms with E-state index < -0.39 is 0 Å². The van der Waals surface area contributed by atoms with Crippen LogP contribution in [0.2, 0.25) is 0 Å². The quantitative estimate of drug-likeness (QED) is 0.176. The van der Waals surface area contributed by atoms with Crippen LogP contribution in [0.15, 0.2) is 192 Å². The second-order valence-electron chi connectivity index (χ2n) is 13.2. The van der Waals surface area contributed by atoms with E-state index in [-0.39, 0.29) is 0 Å². The molecule has 2 aromatic heterocycles. The summed E-state index contributed by atoms with van der Waals surface area (Å²) in [5.41, 5.74) is 11.5.